The molecule has 2 aromatic rings. The Morgan fingerprint density at radius 2 is 1.79 bits per heavy atom. The van der Waals surface area contributed by atoms with Crippen molar-refractivity contribution in [1.29, 1.82) is 5.41 Å². The van der Waals surface area contributed by atoms with Crippen molar-refractivity contribution in [3.8, 4) is 0 Å². The lowest BCUT2D eigenvalue weighted by molar-refractivity contribution is -0.149. The lowest BCUT2D eigenvalue weighted by Gasteiger charge is -2.41. The zero-order valence-electron chi connectivity index (χ0n) is 19.0. The molecule has 180 valence electrons. The van der Waals surface area contributed by atoms with Crippen LogP contribution < -0.4 is 16.4 Å². The third-order valence-electron chi connectivity index (χ3n) is 5.94. The number of nitrogens with one attached hydrogen (secondary N) is 3. The Morgan fingerprint density at radius 1 is 1.09 bits per heavy atom. The second-order valence-corrected chi connectivity index (χ2v) is 8.37. The number of amidine groups is 1. The van der Waals surface area contributed by atoms with Gasteiger partial charge in [-0.2, -0.15) is 0 Å². The van der Waals surface area contributed by atoms with Crippen molar-refractivity contribution in [3.63, 3.8) is 0 Å². The second-order valence-electron chi connectivity index (χ2n) is 8.37. The van der Waals surface area contributed by atoms with Gasteiger partial charge in [0.05, 0.1) is 12.6 Å². The summed E-state index contributed by atoms with van der Waals surface area (Å²) in [6.07, 6.45) is 2.55. The summed E-state index contributed by atoms with van der Waals surface area (Å²) in [6, 6.07) is 15.7. The number of benzene rings is 2. The fourth-order valence-corrected chi connectivity index (χ4v) is 3.91. The summed E-state index contributed by atoms with van der Waals surface area (Å²) in [5.41, 5.74) is 8.08. The smallest absolute Gasteiger partial charge is 0.317 e. The van der Waals surface area contributed by atoms with Crippen LogP contribution >= 0.6 is 0 Å². The molecular weight excluding hydrogens is 434 g/mol. The van der Waals surface area contributed by atoms with Crippen LogP contribution in [-0.2, 0) is 27.3 Å². The molecule has 6 N–H and O–H groups in total. The first-order chi connectivity index (χ1) is 16.3. The molecule has 34 heavy (non-hydrogen) atoms. The van der Waals surface area contributed by atoms with Gasteiger partial charge in [-0.1, -0.05) is 54.6 Å². The predicted molar refractivity (Wildman–Crippen MR) is 128 cm³/mol. The number of nitrogens with two attached hydrogens (primary N) is 1. The Labute approximate surface area is 198 Å². The number of rotatable bonds is 12. The van der Waals surface area contributed by atoms with Crippen molar-refractivity contribution in [2.45, 2.75) is 44.3 Å². The molecule has 1 saturated heterocycles. The van der Waals surface area contributed by atoms with Crippen molar-refractivity contribution in [3.05, 3.63) is 71.3 Å². The molecule has 9 heteroatoms. The Morgan fingerprint density at radius 3 is 2.38 bits per heavy atom. The highest BCUT2D eigenvalue weighted by Crippen LogP contribution is 2.21. The topological polar surface area (TPSA) is 149 Å². The first-order valence-electron chi connectivity index (χ1n) is 11.4. The van der Waals surface area contributed by atoms with Crippen LogP contribution in [0.4, 0.5) is 0 Å². The van der Waals surface area contributed by atoms with Crippen LogP contribution in [0.15, 0.2) is 54.6 Å². The van der Waals surface area contributed by atoms with E-state index in [2.05, 4.69) is 10.6 Å². The average Bonchev–Trinajstić information content (AvgIpc) is 2.80. The van der Waals surface area contributed by atoms with Gasteiger partial charge in [0, 0.05) is 18.7 Å². The van der Waals surface area contributed by atoms with Crippen LogP contribution in [0.5, 0.6) is 0 Å². The number of likely N-dealkylation sites (tertiary alicyclic amines) is 1. The Bertz CT molecular complexity index is 1010. The highest BCUT2D eigenvalue weighted by atomic mass is 16.4. The first kappa shape index (κ1) is 24.9. The van der Waals surface area contributed by atoms with Crippen molar-refractivity contribution in [1.82, 2.24) is 15.5 Å². The SMILES string of the molecule is N=C(N)c1ccc(CNC(=O)[C@@H]2CCN2C(=O)[C@@H](CCCc2ccccc2)NCC(=O)O)cc1. The zero-order chi connectivity index (χ0) is 24.5. The van der Waals surface area contributed by atoms with E-state index in [1.807, 2.05) is 30.3 Å². The lowest BCUT2D eigenvalue weighted by Crippen LogP contribution is -2.62. The first-order valence-corrected chi connectivity index (χ1v) is 11.4. The van der Waals surface area contributed by atoms with E-state index in [9.17, 15) is 14.4 Å². The van der Waals surface area contributed by atoms with Crippen molar-refractivity contribution >= 4 is 23.6 Å². The van der Waals surface area contributed by atoms with Gasteiger partial charge in [0.25, 0.3) is 0 Å². The number of amides is 2. The molecule has 9 nitrogen and oxygen atoms in total. The normalized spacial score (nSPS) is 15.8. The van der Waals surface area contributed by atoms with E-state index in [0.717, 1.165) is 17.5 Å². The summed E-state index contributed by atoms with van der Waals surface area (Å²) in [4.78, 5) is 38.4. The van der Waals surface area contributed by atoms with Gasteiger partial charge in [-0.05, 0) is 36.8 Å². The lowest BCUT2D eigenvalue weighted by atomic mass is 9.97. The second kappa shape index (κ2) is 11.9. The quantitative estimate of drug-likeness (QED) is 0.235. The van der Waals surface area contributed by atoms with Crippen LogP contribution in [0.2, 0.25) is 0 Å². The van der Waals surface area contributed by atoms with Gasteiger partial charge in [-0.25, -0.2) is 0 Å². The molecule has 0 spiro atoms. The Hall–Kier alpha value is -3.72. The van der Waals surface area contributed by atoms with Gasteiger partial charge in [0.15, 0.2) is 0 Å². The molecule has 2 amide bonds. The standard InChI is InChI=1S/C25H31N5O4/c26-23(27)19-11-9-18(10-12-19)15-29-24(33)21-13-14-30(21)25(34)20(28-16-22(31)32)8-4-7-17-5-2-1-3-6-17/h1-3,5-6,9-12,20-21,28H,4,7-8,13-16H2,(H3,26,27)(H,29,33)(H,31,32)/t20-,21+/m1/s1. The van der Waals surface area contributed by atoms with Crippen molar-refractivity contribution in [2.75, 3.05) is 13.1 Å². The molecular formula is C25H31N5O4. The Balaban J connectivity index is 1.54. The number of aryl methyl sites for hydroxylation is 1. The monoisotopic (exact) mass is 465 g/mol. The number of carbonyl (C=O) groups excluding carboxylic acids is 2. The summed E-state index contributed by atoms with van der Waals surface area (Å²) < 4.78 is 0. The molecule has 2 atom stereocenters. The number of aliphatic carboxylic acids is 1. The highest BCUT2D eigenvalue weighted by molar-refractivity contribution is 5.95. The predicted octanol–water partition coefficient (Wildman–Crippen LogP) is 1.25. The average molecular weight is 466 g/mol. The van der Waals surface area contributed by atoms with E-state index in [0.29, 0.717) is 37.9 Å². The number of nitrogen functional groups attached to an aromatic ring is 1. The maximum absolute atomic E-state index is 13.1. The summed E-state index contributed by atoms with van der Waals surface area (Å²) >= 11 is 0. The summed E-state index contributed by atoms with van der Waals surface area (Å²) in [6.45, 7) is 0.449. The molecule has 1 heterocycles. The van der Waals surface area contributed by atoms with Gasteiger partial charge in [-0.15, -0.1) is 0 Å². The van der Waals surface area contributed by atoms with Gasteiger partial charge in [0.2, 0.25) is 11.8 Å². The number of nitrogens with zero attached hydrogens (tertiary/aromatic N) is 1. The molecule has 1 aliphatic heterocycles. The molecule has 0 unspecified atom stereocenters. The highest BCUT2D eigenvalue weighted by Gasteiger charge is 2.39. The van der Waals surface area contributed by atoms with E-state index in [-0.39, 0.29) is 24.2 Å². The Kier molecular flexibility index (Phi) is 8.75. The molecule has 0 radical (unpaired) electrons. The maximum atomic E-state index is 13.1. The maximum Gasteiger partial charge on any atom is 0.317 e. The molecule has 2 aromatic carbocycles. The third kappa shape index (κ3) is 6.89. The fraction of sp³-hybridized carbons (Fsp3) is 0.360. The van der Waals surface area contributed by atoms with E-state index in [1.54, 1.807) is 24.3 Å². The number of carboxylic acid groups (broad SMARTS) is 1. The summed E-state index contributed by atoms with van der Waals surface area (Å²) in [5.74, 6) is -1.54. The van der Waals surface area contributed by atoms with Crippen LogP contribution in [0, 0.1) is 5.41 Å². The van der Waals surface area contributed by atoms with Crippen LogP contribution in [0.25, 0.3) is 0 Å². The number of hydrogen-bond donors (Lipinski definition) is 5. The molecule has 0 aromatic heterocycles. The zero-order valence-corrected chi connectivity index (χ0v) is 19.0. The van der Waals surface area contributed by atoms with Crippen LogP contribution in [0.3, 0.4) is 0 Å². The van der Waals surface area contributed by atoms with Gasteiger partial charge >= 0.3 is 5.97 Å². The van der Waals surface area contributed by atoms with Crippen molar-refractivity contribution < 1.29 is 19.5 Å². The minimum atomic E-state index is -1.03. The number of carboxylic acids is 1. The number of hydrogen-bond acceptors (Lipinski definition) is 5. The molecule has 3 rings (SSSR count). The van der Waals surface area contributed by atoms with Crippen molar-refractivity contribution in [2.24, 2.45) is 5.73 Å². The molecule has 0 saturated carbocycles. The van der Waals surface area contributed by atoms with Gasteiger partial charge in [0.1, 0.15) is 11.9 Å². The third-order valence-corrected chi connectivity index (χ3v) is 5.94. The van der Waals surface area contributed by atoms with Gasteiger partial charge < -0.3 is 21.1 Å². The number of carbonyl (C=O) groups is 3. The summed E-state index contributed by atoms with van der Waals surface area (Å²) in [5, 5.41) is 22.2. The molecule has 1 aliphatic rings. The van der Waals surface area contributed by atoms with E-state index in [1.165, 1.54) is 4.90 Å². The fourth-order valence-electron chi connectivity index (χ4n) is 3.91. The molecule has 0 bridgehead atoms. The van der Waals surface area contributed by atoms with E-state index >= 15 is 0 Å². The van der Waals surface area contributed by atoms with Crippen LogP contribution in [-0.4, -0.2) is 58.8 Å². The van der Waals surface area contributed by atoms with E-state index < -0.39 is 18.1 Å². The van der Waals surface area contributed by atoms with E-state index in [4.69, 9.17) is 16.2 Å². The van der Waals surface area contributed by atoms with Gasteiger partial charge in [-0.3, -0.25) is 25.1 Å². The summed E-state index contributed by atoms with van der Waals surface area (Å²) in [7, 11) is 0. The largest absolute Gasteiger partial charge is 0.480 e. The molecule has 1 fully saturated rings. The van der Waals surface area contributed by atoms with Crippen LogP contribution in [0.1, 0.15) is 36.0 Å². The molecule has 0 aliphatic carbocycles. The minimum Gasteiger partial charge on any atom is -0.480 e. The minimum absolute atomic E-state index is 0.0194.